The van der Waals surface area contributed by atoms with E-state index < -0.39 is 5.97 Å². The van der Waals surface area contributed by atoms with Crippen LogP contribution in [-0.2, 0) is 9.59 Å². The van der Waals surface area contributed by atoms with Gasteiger partial charge in [0, 0.05) is 13.0 Å². The Morgan fingerprint density at radius 3 is 2.75 bits per heavy atom. The highest BCUT2D eigenvalue weighted by molar-refractivity contribution is 9.10. The van der Waals surface area contributed by atoms with Gasteiger partial charge < -0.3 is 15.2 Å². The van der Waals surface area contributed by atoms with E-state index in [1.807, 2.05) is 19.1 Å². The van der Waals surface area contributed by atoms with Crippen molar-refractivity contribution in [2.45, 2.75) is 26.2 Å². The molecule has 0 radical (unpaired) electrons. The molecule has 0 aromatic heterocycles. The molecule has 0 bridgehead atoms. The number of nitrogens with one attached hydrogen (secondary N) is 1. The summed E-state index contributed by atoms with van der Waals surface area (Å²) < 4.78 is 6.21. The topological polar surface area (TPSA) is 75.6 Å². The summed E-state index contributed by atoms with van der Waals surface area (Å²) in [5.41, 5.74) is 1.10. The third-order valence-electron chi connectivity index (χ3n) is 2.59. The fourth-order valence-electron chi connectivity index (χ4n) is 1.55. The largest absolute Gasteiger partial charge is 0.483 e. The fourth-order valence-corrected chi connectivity index (χ4v) is 2.15. The monoisotopic (exact) mass is 343 g/mol. The van der Waals surface area contributed by atoms with Crippen LogP contribution in [0, 0.1) is 6.92 Å². The van der Waals surface area contributed by atoms with Crippen molar-refractivity contribution in [2.75, 3.05) is 13.2 Å². The maximum Gasteiger partial charge on any atom is 0.303 e. The van der Waals surface area contributed by atoms with Crippen LogP contribution in [0.5, 0.6) is 5.75 Å². The van der Waals surface area contributed by atoms with Crippen molar-refractivity contribution in [3.8, 4) is 5.75 Å². The molecule has 1 rings (SSSR count). The molecule has 0 fully saturated rings. The molecule has 0 unspecified atom stereocenters. The van der Waals surface area contributed by atoms with E-state index in [4.69, 9.17) is 9.84 Å². The van der Waals surface area contributed by atoms with Crippen LogP contribution in [0.1, 0.15) is 24.8 Å². The SMILES string of the molecule is Cc1ccc(OCC(=O)NCCCCC(=O)O)c(Br)c1. The van der Waals surface area contributed by atoms with Crippen molar-refractivity contribution in [1.82, 2.24) is 5.32 Å². The molecular weight excluding hydrogens is 326 g/mol. The second kappa shape index (κ2) is 8.58. The number of carbonyl (C=O) groups excluding carboxylic acids is 1. The van der Waals surface area contributed by atoms with Gasteiger partial charge in [-0.2, -0.15) is 0 Å². The number of rotatable bonds is 8. The van der Waals surface area contributed by atoms with Crippen LogP contribution in [0.3, 0.4) is 0 Å². The fraction of sp³-hybridized carbons (Fsp3) is 0.429. The molecule has 0 aliphatic rings. The highest BCUT2D eigenvalue weighted by Crippen LogP contribution is 2.25. The Hall–Kier alpha value is -1.56. The van der Waals surface area contributed by atoms with Crippen LogP contribution in [0.2, 0.25) is 0 Å². The lowest BCUT2D eigenvalue weighted by atomic mass is 10.2. The van der Waals surface area contributed by atoms with E-state index in [1.165, 1.54) is 0 Å². The molecule has 6 heteroatoms. The van der Waals surface area contributed by atoms with E-state index >= 15 is 0 Å². The smallest absolute Gasteiger partial charge is 0.303 e. The summed E-state index contributed by atoms with van der Waals surface area (Å²) in [5.74, 6) is -0.409. The Morgan fingerprint density at radius 2 is 2.10 bits per heavy atom. The number of halogens is 1. The lowest BCUT2D eigenvalue weighted by Gasteiger charge is -2.09. The first-order valence-corrected chi connectivity index (χ1v) is 7.16. The molecule has 20 heavy (non-hydrogen) atoms. The van der Waals surface area contributed by atoms with Crippen molar-refractivity contribution in [2.24, 2.45) is 0 Å². The molecule has 0 heterocycles. The minimum Gasteiger partial charge on any atom is -0.483 e. The second-order valence-electron chi connectivity index (χ2n) is 4.42. The van der Waals surface area contributed by atoms with Crippen molar-refractivity contribution in [1.29, 1.82) is 0 Å². The first kappa shape index (κ1) is 16.5. The number of ether oxygens (including phenoxy) is 1. The summed E-state index contributed by atoms with van der Waals surface area (Å²) >= 11 is 3.37. The average molecular weight is 344 g/mol. The lowest BCUT2D eigenvalue weighted by Crippen LogP contribution is -2.29. The molecule has 110 valence electrons. The third-order valence-corrected chi connectivity index (χ3v) is 3.21. The van der Waals surface area contributed by atoms with E-state index in [1.54, 1.807) is 6.07 Å². The highest BCUT2D eigenvalue weighted by atomic mass is 79.9. The number of carboxylic acid groups (broad SMARTS) is 1. The predicted molar refractivity (Wildman–Crippen MR) is 78.9 cm³/mol. The van der Waals surface area contributed by atoms with Gasteiger partial charge in [-0.3, -0.25) is 9.59 Å². The van der Waals surface area contributed by atoms with Crippen molar-refractivity contribution in [3.63, 3.8) is 0 Å². The summed E-state index contributed by atoms with van der Waals surface area (Å²) in [6, 6.07) is 5.63. The minimum atomic E-state index is -0.816. The van der Waals surface area contributed by atoms with E-state index in [2.05, 4.69) is 21.2 Å². The number of carbonyl (C=O) groups is 2. The number of hydrogen-bond acceptors (Lipinski definition) is 3. The molecule has 1 aromatic carbocycles. The van der Waals surface area contributed by atoms with Gasteiger partial charge in [0.2, 0.25) is 0 Å². The Bertz CT molecular complexity index is 476. The van der Waals surface area contributed by atoms with Gasteiger partial charge in [0.1, 0.15) is 5.75 Å². The molecule has 0 spiro atoms. The summed E-state index contributed by atoms with van der Waals surface area (Å²) in [7, 11) is 0. The molecule has 0 aliphatic carbocycles. The summed E-state index contributed by atoms with van der Waals surface area (Å²) in [6.45, 7) is 2.38. The van der Waals surface area contributed by atoms with Crippen molar-refractivity contribution >= 4 is 27.8 Å². The maximum atomic E-state index is 11.5. The predicted octanol–water partition coefficient (Wildman–Crippen LogP) is 2.51. The zero-order valence-corrected chi connectivity index (χ0v) is 12.9. The maximum absolute atomic E-state index is 11.5. The van der Waals surface area contributed by atoms with Crippen LogP contribution >= 0.6 is 15.9 Å². The molecule has 0 saturated heterocycles. The highest BCUT2D eigenvalue weighted by Gasteiger charge is 2.05. The first-order chi connectivity index (χ1) is 9.49. The Labute approximate surface area is 126 Å². The zero-order valence-electron chi connectivity index (χ0n) is 11.3. The number of carboxylic acids is 1. The normalized spacial score (nSPS) is 10.1. The van der Waals surface area contributed by atoms with Crippen molar-refractivity contribution < 1.29 is 19.4 Å². The zero-order chi connectivity index (χ0) is 15.0. The van der Waals surface area contributed by atoms with Crippen LogP contribution in [0.25, 0.3) is 0 Å². The van der Waals surface area contributed by atoms with Gasteiger partial charge in [0.25, 0.3) is 5.91 Å². The van der Waals surface area contributed by atoms with Crippen LogP contribution < -0.4 is 10.1 Å². The Morgan fingerprint density at radius 1 is 1.35 bits per heavy atom. The van der Waals surface area contributed by atoms with E-state index in [0.29, 0.717) is 25.1 Å². The van der Waals surface area contributed by atoms with E-state index in [9.17, 15) is 9.59 Å². The summed E-state index contributed by atoms with van der Waals surface area (Å²) in [5, 5.41) is 11.2. The van der Waals surface area contributed by atoms with E-state index in [-0.39, 0.29) is 18.9 Å². The summed E-state index contributed by atoms with van der Waals surface area (Å²) in [4.78, 5) is 21.8. The lowest BCUT2D eigenvalue weighted by molar-refractivity contribution is -0.137. The Balaban J connectivity index is 2.21. The van der Waals surface area contributed by atoms with Crippen molar-refractivity contribution in [3.05, 3.63) is 28.2 Å². The molecule has 2 N–H and O–H groups in total. The second-order valence-corrected chi connectivity index (χ2v) is 5.28. The number of benzene rings is 1. The number of aryl methyl sites for hydroxylation is 1. The number of aliphatic carboxylic acids is 1. The number of hydrogen-bond donors (Lipinski definition) is 2. The van der Waals surface area contributed by atoms with Gasteiger partial charge in [-0.05, 0) is 53.4 Å². The molecule has 0 saturated carbocycles. The van der Waals surface area contributed by atoms with Crippen LogP contribution in [0.15, 0.2) is 22.7 Å². The molecule has 5 nitrogen and oxygen atoms in total. The number of amides is 1. The standard InChI is InChI=1S/C14H18BrNO4/c1-10-5-6-12(11(15)8-10)20-9-13(17)16-7-3-2-4-14(18)19/h5-6,8H,2-4,7,9H2,1H3,(H,16,17)(H,18,19). The molecule has 1 amide bonds. The quantitative estimate of drug-likeness (QED) is 0.711. The van der Waals surface area contributed by atoms with Gasteiger partial charge in [0.15, 0.2) is 6.61 Å². The molecule has 1 aromatic rings. The molecular formula is C14H18BrNO4. The minimum absolute atomic E-state index is 0.0550. The van der Waals surface area contributed by atoms with Gasteiger partial charge >= 0.3 is 5.97 Å². The average Bonchev–Trinajstić information content (AvgIpc) is 2.37. The van der Waals surface area contributed by atoms with Gasteiger partial charge in [-0.25, -0.2) is 0 Å². The Kier molecular flexibility index (Phi) is 7.08. The van der Waals surface area contributed by atoms with Crippen LogP contribution in [0.4, 0.5) is 0 Å². The molecule has 0 aliphatic heterocycles. The van der Waals surface area contributed by atoms with Gasteiger partial charge in [-0.15, -0.1) is 0 Å². The third kappa shape index (κ3) is 6.56. The van der Waals surface area contributed by atoms with E-state index in [0.717, 1.165) is 10.0 Å². The van der Waals surface area contributed by atoms with Crippen LogP contribution in [-0.4, -0.2) is 30.1 Å². The summed E-state index contributed by atoms with van der Waals surface area (Å²) in [6.07, 6.45) is 1.33. The van der Waals surface area contributed by atoms with Gasteiger partial charge in [-0.1, -0.05) is 6.07 Å². The first-order valence-electron chi connectivity index (χ1n) is 6.36. The molecule has 0 atom stereocenters. The number of unbranched alkanes of at least 4 members (excludes halogenated alkanes) is 1. The van der Waals surface area contributed by atoms with Gasteiger partial charge in [0.05, 0.1) is 4.47 Å².